The van der Waals surface area contributed by atoms with Crippen LogP contribution in [0.25, 0.3) is 0 Å². The second-order valence-electron chi connectivity index (χ2n) is 11.7. The highest BCUT2D eigenvalue weighted by atomic mass is 19.1. The Hall–Kier alpha value is -3.55. The molecule has 3 aliphatic rings. The molecule has 3 aromatic rings. The third-order valence-corrected chi connectivity index (χ3v) is 8.56. The maximum Gasteiger partial charge on any atom is 0.257 e. The molecule has 3 heterocycles. The number of hydrogen-bond donors (Lipinski definition) is 1. The van der Waals surface area contributed by atoms with E-state index in [2.05, 4.69) is 39.3 Å². The van der Waals surface area contributed by atoms with Gasteiger partial charge in [-0.1, -0.05) is 18.2 Å². The number of carbonyl (C=O) groups is 1. The molecule has 2 fully saturated rings. The van der Waals surface area contributed by atoms with Crippen LogP contribution in [0.5, 0.6) is 0 Å². The minimum absolute atomic E-state index is 0.0578. The van der Waals surface area contributed by atoms with Crippen molar-refractivity contribution < 1.29 is 15.3 Å². The molecule has 7 heteroatoms. The van der Waals surface area contributed by atoms with Gasteiger partial charge in [-0.3, -0.25) is 9.79 Å². The van der Waals surface area contributed by atoms with E-state index in [4.69, 9.17) is 6.11 Å². The number of nitrogens with zero attached hydrogens (tertiary/aromatic N) is 3. The lowest BCUT2D eigenvalue weighted by atomic mass is 9.89. The normalized spacial score (nSPS) is 18.2. The molecule has 1 N–H and O–H groups in total. The van der Waals surface area contributed by atoms with Crippen molar-refractivity contribution in [3.8, 4) is 0 Å². The lowest BCUT2D eigenvalue weighted by Gasteiger charge is -2.34. The van der Waals surface area contributed by atoms with Crippen LogP contribution in [0.3, 0.4) is 0 Å². The SMILES string of the molecule is [2H]c1c(C)cc(Cc2ccc3c(c2)C(NC(=O)c2ccc(N4CCN(C)CC4)cc2CC2CCOCC2)=NC3)cc1F. The van der Waals surface area contributed by atoms with Crippen LogP contribution in [0.15, 0.2) is 59.6 Å². The van der Waals surface area contributed by atoms with E-state index >= 15 is 0 Å². The first kappa shape index (κ1) is 26.4. The van der Waals surface area contributed by atoms with Gasteiger partial charge in [0.1, 0.15) is 11.7 Å². The number of rotatable bonds is 6. The van der Waals surface area contributed by atoms with Crippen molar-refractivity contribution in [1.29, 1.82) is 0 Å². The van der Waals surface area contributed by atoms with E-state index in [0.29, 0.717) is 35.8 Å². The molecule has 41 heavy (non-hydrogen) atoms. The molecule has 6 rings (SSSR count). The predicted octanol–water partition coefficient (Wildman–Crippen LogP) is 5.14. The number of carbonyl (C=O) groups excluding carboxylic acids is 1. The molecule has 0 aromatic heterocycles. The number of nitrogens with one attached hydrogen (secondary N) is 1. The van der Waals surface area contributed by atoms with Gasteiger partial charge < -0.3 is 19.9 Å². The quantitative estimate of drug-likeness (QED) is 0.458. The van der Waals surface area contributed by atoms with Crippen LogP contribution in [-0.2, 0) is 24.1 Å². The van der Waals surface area contributed by atoms with E-state index in [-0.39, 0.29) is 11.9 Å². The number of fused-ring (bicyclic) bond motifs is 1. The third-order valence-electron chi connectivity index (χ3n) is 8.56. The molecule has 0 unspecified atom stereocenters. The number of benzene rings is 3. The first-order chi connectivity index (χ1) is 20.3. The maximum atomic E-state index is 14.2. The van der Waals surface area contributed by atoms with E-state index < -0.39 is 5.82 Å². The van der Waals surface area contributed by atoms with Gasteiger partial charge >= 0.3 is 0 Å². The molecule has 0 saturated carbocycles. The van der Waals surface area contributed by atoms with Gasteiger partial charge in [-0.25, -0.2) is 4.39 Å². The fourth-order valence-electron chi connectivity index (χ4n) is 6.20. The van der Waals surface area contributed by atoms with Crippen molar-refractivity contribution in [1.82, 2.24) is 10.2 Å². The highest BCUT2D eigenvalue weighted by molar-refractivity contribution is 6.14. The summed E-state index contributed by atoms with van der Waals surface area (Å²) in [5.74, 6) is 0.442. The van der Waals surface area contributed by atoms with Gasteiger partial charge in [0.05, 0.1) is 7.92 Å². The first-order valence-corrected chi connectivity index (χ1v) is 14.7. The molecule has 0 bridgehead atoms. The van der Waals surface area contributed by atoms with Crippen molar-refractivity contribution >= 4 is 17.4 Å². The molecule has 0 spiro atoms. The van der Waals surface area contributed by atoms with Crippen molar-refractivity contribution in [2.45, 2.75) is 39.2 Å². The third kappa shape index (κ3) is 6.52. The number of ether oxygens (including phenoxy) is 1. The zero-order chi connectivity index (χ0) is 29.2. The Morgan fingerprint density at radius 2 is 1.88 bits per heavy atom. The summed E-state index contributed by atoms with van der Waals surface area (Å²) in [6.07, 6.45) is 3.41. The van der Waals surface area contributed by atoms with Crippen LogP contribution in [-0.4, -0.2) is 63.1 Å². The van der Waals surface area contributed by atoms with Crippen molar-refractivity contribution in [2.24, 2.45) is 10.9 Å². The van der Waals surface area contributed by atoms with Crippen molar-refractivity contribution in [2.75, 3.05) is 51.3 Å². The molecule has 3 aromatic carbocycles. The zero-order valence-electron chi connectivity index (χ0n) is 25.0. The molecule has 214 valence electrons. The van der Waals surface area contributed by atoms with Gasteiger partial charge in [0.25, 0.3) is 5.91 Å². The summed E-state index contributed by atoms with van der Waals surface area (Å²) < 4.78 is 27.6. The Morgan fingerprint density at radius 3 is 2.66 bits per heavy atom. The molecule has 6 nitrogen and oxygen atoms in total. The number of aryl methyl sites for hydroxylation is 1. The minimum Gasteiger partial charge on any atom is -0.381 e. The van der Waals surface area contributed by atoms with Crippen molar-refractivity contribution in [3.63, 3.8) is 0 Å². The molecule has 3 aliphatic heterocycles. The standard InChI is InChI=1S/C34H39FN4O2/c1-23-15-26(19-29(35)16-23)17-25-3-4-27-22-36-33(32(27)20-25)37-34(40)31-6-5-30(39-11-9-38(2)10-12-39)21-28(31)18-24-7-13-41-14-8-24/h3-6,15-16,19-21,24H,7-14,17-18,22H2,1-2H3,(H,36,37,40)/i16D. The van der Waals surface area contributed by atoms with E-state index in [1.165, 1.54) is 11.8 Å². The Bertz CT molecular complexity index is 1490. The summed E-state index contributed by atoms with van der Waals surface area (Å²) in [6.45, 7) is 7.85. The van der Waals surface area contributed by atoms with Gasteiger partial charge in [0.2, 0.25) is 0 Å². The molecule has 0 radical (unpaired) electrons. The number of halogens is 1. The smallest absolute Gasteiger partial charge is 0.257 e. The van der Waals surface area contributed by atoms with E-state index in [0.717, 1.165) is 86.5 Å². The number of anilines is 1. The Kier molecular flexibility index (Phi) is 7.80. The van der Waals surface area contributed by atoms with Gasteiger partial charge in [-0.2, -0.15) is 0 Å². The van der Waals surface area contributed by atoms with Gasteiger partial charge in [-0.05, 0) is 110 Å². The summed E-state index contributed by atoms with van der Waals surface area (Å²) in [5.41, 5.74) is 7.38. The number of hydrogen-bond acceptors (Lipinski definition) is 5. The largest absolute Gasteiger partial charge is 0.381 e. The number of amides is 1. The molecular formula is C34H39FN4O2. The van der Waals surface area contributed by atoms with Crippen LogP contribution < -0.4 is 10.2 Å². The predicted molar refractivity (Wildman–Crippen MR) is 161 cm³/mol. The van der Waals surface area contributed by atoms with E-state index in [1.807, 2.05) is 30.3 Å². The maximum absolute atomic E-state index is 14.2. The second kappa shape index (κ2) is 12.1. The van der Waals surface area contributed by atoms with E-state index in [9.17, 15) is 9.18 Å². The topological polar surface area (TPSA) is 57.2 Å². The minimum atomic E-state index is -0.504. The Labute approximate surface area is 243 Å². The van der Waals surface area contributed by atoms with Crippen LogP contribution >= 0.6 is 0 Å². The Balaban J connectivity index is 1.22. The first-order valence-electron chi connectivity index (χ1n) is 15.2. The van der Waals surface area contributed by atoms with Gasteiger partial charge in [0.15, 0.2) is 0 Å². The summed E-state index contributed by atoms with van der Waals surface area (Å²) in [4.78, 5) is 23.2. The Morgan fingerprint density at radius 1 is 1.07 bits per heavy atom. The summed E-state index contributed by atoms with van der Waals surface area (Å²) >= 11 is 0. The second-order valence-corrected chi connectivity index (χ2v) is 11.7. The highest BCUT2D eigenvalue weighted by Crippen LogP contribution is 2.28. The number of piperazine rings is 1. The molecule has 1 amide bonds. The van der Waals surface area contributed by atoms with Crippen LogP contribution in [0, 0.1) is 18.7 Å². The van der Waals surface area contributed by atoms with Crippen LogP contribution in [0.1, 0.15) is 58.0 Å². The molecule has 2 saturated heterocycles. The van der Waals surface area contributed by atoms with Crippen molar-refractivity contribution in [3.05, 3.63) is 99.3 Å². The summed E-state index contributed by atoms with van der Waals surface area (Å²) in [5, 5.41) is 3.13. The lowest BCUT2D eigenvalue weighted by Crippen LogP contribution is -2.44. The summed E-state index contributed by atoms with van der Waals surface area (Å²) in [7, 11) is 2.16. The highest BCUT2D eigenvalue weighted by Gasteiger charge is 2.24. The molecule has 0 atom stereocenters. The lowest BCUT2D eigenvalue weighted by molar-refractivity contribution is 0.0664. The van der Waals surface area contributed by atoms with Crippen LogP contribution in [0.4, 0.5) is 10.1 Å². The monoisotopic (exact) mass is 555 g/mol. The number of likely N-dealkylation sites (N-methyl/N-ethyl adjacent to an activating group) is 1. The van der Waals surface area contributed by atoms with Gasteiger partial charge in [0, 0.05) is 56.2 Å². The molecule has 0 aliphatic carbocycles. The number of amidine groups is 1. The van der Waals surface area contributed by atoms with E-state index in [1.54, 1.807) is 6.92 Å². The molecular weight excluding hydrogens is 515 g/mol. The average Bonchev–Trinajstić information content (AvgIpc) is 3.38. The fraction of sp³-hybridized carbons (Fsp3) is 0.412. The van der Waals surface area contributed by atoms with Gasteiger partial charge in [-0.15, -0.1) is 0 Å². The van der Waals surface area contributed by atoms with Crippen LogP contribution in [0.2, 0.25) is 0 Å². The summed E-state index contributed by atoms with van der Waals surface area (Å²) in [6, 6.07) is 15.6. The number of aliphatic imine (C=N–C) groups is 1. The fourth-order valence-corrected chi connectivity index (χ4v) is 6.20. The average molecular weight is 556 g/mol. The zero-order valence-corrected chi connectivity index (χ0v) is 24.0.